The molecule has 0 saturated carbocycles. The van der Waals surface area contributed by atoms with Gasteiger partial charge in [0.25, 0.3) is 0 Å². The number of rotatable bonds is 8. The molecule has 1 aromatic carbocycles. The van der Waals surface area contributed by atoms with Gasteiger partial charge in [-0.15, -0.1) is 0 Å². The van der Waals surface area contributed by atoms with Crippen LogP contribution in [0.3, 0.4) is 0 Å². The lowest BCUT2D eigenvalue weighted by atomic mass is 10.3. The first kappa shape index (κ1) is 20.2. The van der Waals surface area contributed by atoms with Crippen LogP contribution >= 0.6 is 0 Å². The van der Waals surface area contributed by atoms with Crippen LogP contribution in [0.15, 0.2) is 23.1 Å². The van der Waals surface area contributed by atoms with Gasteiger partial charge in [-0.05, 0) is 32.0 Å². The van der Waals surface area contributed by atoms with E-state index in [4.69, 9.17) is 4.74 Å². The number of hydrogen-bond acceptors (Lipinski definition) is 4. The summed E-state index contributed by atoms with van der Waals surface area (Å²) in [5.74, 6) is 0.411. The minimum absolute atomic E-state index is 0.127. The summed E-state index contributed by atoms with van der Waals surface area (Å²) in [6.45, 7) is 9.20. The number of hydrogen-bond donors (Lipinski definition) is 1. The average molecular weight is 357 g/mol. The molecule has 24 heavy (non-hydrogen) atoms. The summed E-state index contributed by atoms with van der Waals surface area (Å²) in [6, 6.07) is 4.18. The number of methoxy groups -OCH3 is 1. The maximum atomic E-state index is 12.6. The van der Waals surface area contributed by atoms with Gasteiger partial charge in [0.05, 0.1) is 17.7 Å². The van der Waals surface area contributed by atoms with Crippen LogP contribution < -0.4 is 10.1 Å². The van der Waals surface area contributed by atoms with E-state index in [-0.39, 0.29) is 10.9 Å². The Morgan fingerprint density at radius 3 is 2.12 bits per heavy atom. The molecule has 136 valence electrons. The third-order valence-corrected chi connectivity index (χ3v) is 5.85. The molecule has 0 aliphatic heterocycles. The maximum Gasteiger partial charge on any atom is 0.321 e. The van der Waals surface area contributed by atoms with E-state index < -0.39 is 10.0 Å². The van der Waals surface area contributed by atoms with Gasteiger partial charge < -0.3 is 15.0 Å². The quantitative estimate of drug-likeness (QED) is 0.776. The van der Waals surface area contributed by atoms with Crippen molar-refractivity contribution in [1.82, 2.24) is 9.21 Å². The van der Waals surface area contributed by atoms with Crippen molar-refractivity contribution in [3.8, 4) is 5.75 Å². The van der Waals surface area contributed by atoms with Crippen molar-refractivity contribution in [2.75, 3.05) is 38.6 Å². The monoisotopic (exact) mass is 357 g/mol. The molecule has 0 unspecified atom stereocenters. The van der Waals surface area contributed by atoms with Crippen molar-refractivity contribution >= 4 is 21.7 Å². The summed E-state index contributed by atoms with van der Waals surface area (Å²) in [4.78, 5) is 14.0. The van der Waals surface area contributed by atoms with E-state index in [1.807, 2.05) is 13.8 Å². The standard InChI is InChI=1S/C16H27N3O4S/c1-6-18(7-2)16(20)17-14-12-13(10-11-15(14)23-5)24(21,22)19(8-3)9-4/h10-12H,6-9H2,1-5H3,(H,17,20). The lowest BCUT2D eigenvalue weighted by Crippen LogP contribution is -2.34. The summed E-state index contributed by atoms with van der Waals surface area (Å²) >= 11 is 0. The van der Waals surface area contributed by atoms with Crippen LogP contribution in [0.4, 0.5) is 10.5 Å². The van der Waals surface area contributed by atoms with Crippen molar-refractivity contribution in [2.24, 2.45) is 0 Å². The molecule has 0 atom stereocenters. The topological polar surface area (TPSA) is 79.0 Å². The van der Waals surface area contributed by atoms with Gasteiger partial charge in [-0.25, -0.2) is 13.2 Å². The Balaban J connectivity index is 3.24. The van der Waals surface area contributed by atoms with Crippen LogP contribution in [0.25, 0.3) is 0 Å². The van der Waals surface area contributed by atoms with Crippen molar-refractivity contribution in [3.05, 3.63) is 18.2 Å². The second-order valence-electron chi connectivity index (χ2n) is 5.05. The zero-order valence-electron chi connectivity index (χ0n) is 15.0. The van der Waals surface area contributed by atoms with E-state index in [1.54, 1.807) is 24.8 Å². The number of anilines is 1. The lowest BCUT2D eigenvalue weighted by molar-refractivity contribution is 0.217. The smallest absolute Gasteiger partial charge is 0.321 e. The predicted molar refractivity (Wildman–Crippen MR) is 95.0 cm³/mol. The Kier molecular flexibility index (Phi) is 7.50. The second kappa shape index (κ2) is 8.89. The Morgan fingerprint density at radius 2 is 1.67 bits per heavy atom. The molecular formula is C16H27N3O4S. The molecule has 0 aliphatic carbocycles. The molecule has 7 nitrogen and oxygen atoms in total. The number of urea groups is 1. The van der Waals surface area contributed by atoms with Crippen LogP contribution in [0.2, 0.25) is 0 Å². The largest absolute Gasteiger partial charge is 0.495 e. The van der Waals surface area contributed by atoms with Crippen LogP contribution in [-0.4, -0.2) is 56.9 Å². The zero-order chi connectivity index (χ0) is 18.3. The Hall–Kier alpha value is -1.80. The highest BCUT2D eigenvalue weighted by atomic mass is 32.2. The molecule has 0 radical (unpaired) electrons. The SMILES string of the molecule is CCN(CC)C(=O)Nc1cc(S(=O)(=O)N(CC)CC)ccc1OC. The second-order valence-corrected chi connectivity index (χ2v) is 6.99. The van der Waals surface area contributed by atoms with Gasteiger partial charge in [-0.3, -0.25) is 0 Å². The van der Waals surface area contributed by atoms with E-state index in [0.717, 1.165) is 0 Å². The number of nitrogens with one attached hydrogen (secondary N) is 1. The number of nitrogens with zero attached hydrogens (tertiary/aromatic N) is 2. The number of ether oxygens (including phenoxy) is 1. The fourth-order valence-corrected chi connectivity index (χ4v) is 3.85. The summed E-state index contributed by atoms with van der Waals surface area (Å²) in [6.07, 6.45) is 0. The first-order valence-electron chi connectivity index (χ1n) is 8.09. The predicted octanol–water partition coefficient (Wildman–Crippen LogP) is 2.60. The van der Waals surface area contributed by atoms with Crippen molar-refractivity contribution < 1.29 is 17.9 Å². The summed E-state index contributed by atoms with van der Waals surface area (Å²) in [5.41, 5.74) is 0.336. The number of benzene rings is 1. The van der Waals surface area contributed by atoms with Gasteiger partial charge >= 0.3 is 6.03 Å². The fraction of sp³-hybridized carbons (Fsp3) is 0.562. The minimum atomic E-state index is -3.60. The van der Waals surface area contributed by atoms with Crippen molar-refractivity contribution in [2.45, 2.75) is 32.6 Å². The minimum Gasteiger partial charge on any atom is -0.495 e. The van der Waals surface area contributed by atoms with Gasteiger partial charge in [0.15, 0.2) is 0 Å². The van der Waals surface area contributed by atoms with E-state index in [9.17, 15) is 13.2 Å². The summed E-state index contributed by atoms with van der Waals surface area (Å²) in [7, 11) is -2.13. The highest BCUT2D eigenvalue weighted by molar-refractivity contribution is 7.89. The Labute approximate surface area is 144 Å². The van der Waals surface area contributed by atoms with Crippen LogP contribution in [0.5, 0.6) is 5.75 Å². The van der Waals surface area contributed by atoms with Crippen LogP contribution in [0, 0.1) is 0 Å². The number of carbonyl (C=O) groups excluding carboxylic acids is 1. The van der Waals surface area contributed by atoms with E-state index in [1.165, 1.54) is 23.5 Å². The third-order valence-electron chi connectivity index (χ3n) is 3.81. The average Bonchev–Trinajstić information content (AvgIpc) is 2.56. The molecule has 0 bridgehead atoms. The number of carbonyl (C=O) groups is 1. The first-order valence-corrected chi connectivity index (χ1v) is 9.53. The normalized spacial score (nSPS) is 11.4. The molecule has 0 aromatic heterocycles. The first-order chi connectivity index (χ1) is 11.3. The molecule has 1 N–H and O–H groups in total. The van der Waals surface area contributed by atoms with Crippen molar-refractivity contribution in [3.63, 3.8) is 0 Å². The number of sulfonamides is 1. The highest BCUT2D eigenvalue weighted by Gasteiger charge is 2.23. The summed E-state index contributed by atoms with van der Waals surface area (Å²) in [5, 5.41) is 2.73. The zero-order valence-corrected chi connectivity index (χ0v) is 15.8. The Morgan fingerprint density at radius 1 is 1.08 bits per heavy atom. The van der Waals surface area contributed by atoms with E-state index in [0.29, 0.717) is 37.6 Å². The van der Waals surface area contributed by atoms with E-state index >= 15 is 0 Å². The Bertz CT molecular complexity index is 653. The van der Waals surface area contributed by atoms with Crippen LogP contribution in [0.1, 0.15) is 27.7 Å². The molecule has 0 heterocycles. The molecular weight excluding hydrogens is 330 g/mol. The molecule has 2 amide bonds. The van der Waals surface area contributed by atoms with Gasteiger partial charge in [0, 0.05) is 26.2 Å². The molecule has 0 spiro atoms. The van der Waals surface area contributed by atoms with Gasteiger partial charge in [-0.2, -0.15) is 4.31 Å². The fourth-order valence-electron chi connectivity index (χ4n) is 2.36. The van der Waals surface area contributed by atoms with Crippen molar-refractivity contribution in [1.29, 1.82) is 0 Å². The lowest BCUT2D eigenvalue weighted by Gasteiger charge is -2.22. The van der Waals surface area contributed by atoms with E-state index in [2.05, 4.69) is 5.32 Å². The molecule has 0 aliphatic rings. The molecule has 1 rings (SSSR count). The van der Waals surface area contributed by atoms with Gasteiger partial charge in [0.1, 0.15) is 5.75 Å². The molecule has 1 aromatic rings. The highest BCUT2D eigenvalue weighted by Crippen LogP contribution is 2.29. The summed E-state index contributed by atoms with van der Waals surface area (Å²) < 4.78 is 31.9. The van der Waals surface area contributed by atoms with Crippen LogP contribution in [-0.2, 0) is 10.0 Å². The molecule has 0 saturated heterocycles. The van der Waals surface area contributed by atoms with Gasteiger partial charge in [0.2, 0.25) is 10.0 Å². The number of amides is 2. The molecule has 8 heteroatoms. The third kappa shape index (κ3) is 4.39. The van der Waals surface area contributed by atoms with Gasteiger partial charge in [-0.1, -0.05) is 13.8 Å². The molecule has 0 fully saturated rings. The maximum absolute atomic E-state index is 12.6.